The lowest BCUT2D eigenvalue weighted by Gasteiger charge is -2.35. The van der Waals surface area contributed by atoms with E-state index in [1.54, 1.807) is 12.1 Å². The fourth-order valence-corrected chi connectivity index (χ4v) is 8.38. The van der Waals surface area contributed by atoms with Crippen LogP contribution in [0.1, 0.15) is 91.3 Å². The van der Waals surface area contributed by atoms with Crippen molar-refractivity contribution < 1.29 is 19.1 Å². The zero-order chi connectivity index (χ0) is 40.1. The van der Waals surface area contributed by atoms with Crippen molar-refractivity contribution in [2.45, 2.75) is 82.8 Å². The lowest BCUT2D eigenvalue weighted by atomic mass is 9.88. The van der Waals surface area contributed by atoms with Gasteiger partial charge in [-0.3, -0.25) is 9.59 Å². The van der Waals surface area contributed by atoms with Crippen molar-refractivity contribution in [2.24, 2.45) is 11.8 Å². The third-order valence-corrected chi connectivity index (χ3v) is 12.0. The van der Waals surface area contributed by atoms with Gasteiger partial charge in [-0.1, -0.05) is 43.5 Å². The van der Waals surface area contributed by atoms with Crippen LogP contribution in [0.4, 0.5) is 22.7 Å². The van der Waals surface area contributed by atoms with Crippen molar-refractivity contribution in [1.82, 2.24) is 9.80 Å². The van der Waals surface area contributed by atoms with Crippen molar-refractivity contribution in [3.8, 4) is 11.5 Å². The van der Waals surface area contributed by atoms with Crippen LogP contribution < -0.4 is 31.2 Å². The standard InChI is InChI=1S/C25H33N3O2.C23H29N3O2/c26-23-8-4-5-9-24(23)27-25(29)20-10-12-21(13-11-20)30-22-14-16-28(17-15-22)18-19-6-2-1-3-7-19;1-24-21-4-2-3-5-22(21)25-23(27)18-8-10-19(11-9-18)28-20-12-14-26(15-13-20)16-17-6-7-17/h4-5,8-13,19,22H,1-3,6-7,14-18,26H2,(H,27,29);2-5,8-11,17,20,24H,6-7,12-16H2,1H3,(H,25,27). The maximum Gasteiger partial charge on any atom is 0.255 e. The van der Waals surface area contributed by atoms with Gasteiger partial charge in [0, 0.05) is 57.4 Å². The Balaban J connectivity index is 0.000000177. The van der Waals surface area contributed by atoms with Gasteiger partial charge in [-0.05, 0) is 136 Å². The largest absolute Gasteiger partial charge is 0.490 e. The average Bonchev–Trinajstić information content (AvgIpc) is 4.08. The number of carbonyl (C=O) groups is 2. The van der Waals surface area contributed by atoms with Gasteiger partial charge < -0.3 is 41.0 Å². The third kappa shape index (κ3) is 12.2. The molecule has 4 fully saturated rings. The van der Waals surface area contributed by atoms with Crippen LogP contribution in [0.2, 0.25) is 0 Å². The smallest absolute Gasteiger partial charge is 0.255 e. The van der Waals surface area contributed by atoms with Gasteiger partial charge in [-0.25, -0.2) is 0 Å². The van der Waals surface area contributed by atoms with Gasteiger partial charge in [-0.15, -0.1) is 0 Å². The number of nitrogens with one attached hydrogen (secondary N) is 3. The normalized spacial score (nSPS) is 18.4. The second-order valence-corrected chi connectivity index (χ2v) is 16.5. The summed E-state index contributed by atoms with van der Waals surface area (Å²) in [6, 6.07) is 29.8. The van der Waals surface area contributed by atoms with Crippen LogP contribution in [0.5, 0.6) is 11.5 Å². The molecule has 0 radical (unpaired) electrons. The monoisotopic (exact) mass is 786 g/mol. The fraction of sp³-hybridized carbons (Fsp3) is 0.458. The van der Waals surface area contributed by atoms with E-state index in [4.69, 9.17) is 15.2 Å². The molecule has 2 amide bonds. The molecule has 58 heavy (non-hydrogen) atoms. The van der Waals surface area contributed by atoms with Gasteiger partial charge in [0.1, 0.15) is 23.7 Å². The van der Waals surface area contributed by atoms with Gasteiger partial charge in [-0.2, -0.15) is 0 Å². The average molecular weight is 787 g/mol. The van der Waals surface area contributed by atoms with Crippen LogP contribution in [0.25, 0.3) is 0 Å². The molecule has 10 nitrogen and oxygen atoms in total. The molecule has 4 aromatic rings. The second kappa shape index (κ2) is 20.6. The van der Waals surface area contributed by atoms with E-state index in [1.165, 1.54) is 58.0 Å². The van der Waals surface area contributed by atoms with E-state index in [0.717, 1.165) is 86.6 Å². The lowest BCUT2D eigenvalue weighted by Crippen LogP contribution is -2.40. The molecule has 0 bridgehead atoms. The van der Waals surface area contributed by atoms with E-state index in [1.807, 2.05) is 92.0 Å². The summed E-state index contributed by atoms with van der Waals surface area (Å²) in [4.78, 5) is 30.2. The van der Waals surface area contributed by atoms with Gasteiger partial charge >= 0.3 is 0 Å². The molecule has 308 valence electrons. The van der Waals surface area contributed by atoms with E-state index in [9.17, 15) is 9.59 Å². The summed E-state index contributed by atoms with van der Waals surface area (Å²) in [6.45, 7) is 7.05. The number of nitrogens with two attached hydrogens (primary N) is 1. The molecule has 8 rings (SSSR count). The summed E-state index contributed by atoms with van der Waals surface area (Å²) in [5.41, 5.74) is 9.96. The van der Waals surface area contributed by atoms with Crippen molar-refractivity contribution >= 4 is 34.6 Å². The summed E-state index contributed by atoms with van der Waals surface area (Å²) in [5.74, 6) is 3.24. The molecule has 0 atom stereocenters. The summed E-state index contributed by atoms with van der Waals surface area (Å²) in [5, 5.41) is 8.90. The molecule has 5 N–H and O–H groups in total. The summed E-state index contributed by atoms with van der Waals surface area (Å²) in [7, 11) is 1.84. The first kappa shape index (κ1) is 41.1. The Hall–Kier alpha value is -5.06. The first-order chi connectivity index (χ1) is 28.4. The molecule has 0 unspecified atom stereocenters. The van der Waals surface area contributed by atoms with Crippen molar-refractivity contribution in [3.05, 3.63) is 108 Å². The number of piperidine rings is 2. The minimum atomic E-state index is -0.171. The van der Waals surface area contributed by atoms with Gasteiger partial charge in [0.2, 0.25) is 0 Å². The Kier molecular flexibility index (Phi) is 14.6. The maximum atomic E-state index is 12.5. The fourth-order valence-electron chi connectivity index (χ4n) is 8.38. The molecule has 2 saturated heterocycles. The first-order valence-electron chi connectivity index (χ1n) is 21.6. The Bertz CT molecular complexity index is 1890. The first-order valence-corrected chi connectivity index (χ1v) is 21.6. The topological polar surface area (TPSA) is 121 Å². The number of carbonyl (C=O) groups excluding carboxylic acids is 2. The van der Waals surface area contributed by atoms with E-state index in [2.05, 4.69) is 25.8 Å². The third-order valence-electron chi connectivity index (χ3n) is 12.0. The Morgan fingerprint density at radius 3 is 1.45 bits per heavy atom. The summed E-state index contributed by atoms with van der Waals surface area (Å²) >= 11 is 0. The number of likely N-dealkylation sites (tertiary alicyclic amines) is 2. The summed E-state index contributed by atoms with van der Waals surface area (Å²) in [6.07, 6.45) is 14.7. The minimum Gasteiger partial charge on any atom is -0.490 e. The quantitative estimate of drug-likeness (QED) is 0.0991. The molecule has 4 aromatic carbocycles. The molecular formula is C48H62N6O4. The number of benzene rings is 4. The summed E-state index contributed by atoms with van der Waals surface area (Å²) < 4.78 is 12.3. The van der Waals surface area contributed by atoms with Gasteiger partial charge in [0.05, 0.1) is 22.7 Å². The number of nitrogen functional groups attached to an aromatic ring is 1. The minimum absolute atomic E-state index is 0.123. The Labute approximate surface area is 344 Å². The maximum absolute atomic E-state index is 12.5. The zero-order valence-corrected chi connectivity index (χ0v) is 34.2. The highest BCUT2D eigenvalue weighted by Crippen LogP contribution is 2.31. The van der Waals surface area contributed by atoms with Gasteiger partial charge in [0.15, 0.2) is 0 Å². The van der Waals surface area contributed by atoms with Crippen molar-refractivity contribution in [3.63, 3.8) is 0 Å². The molecule has 4 aliphatic rings. The number of para-hydroxylation sites is 4. The molecule has 2 aliphatic heterocycles. The van der Waals surface area contributed by atoms with Crippen LogP contribution in [0.15, 0.2) is 97.1 Å². The second-order valence-electron chi connectivity index (χ2n) is 16.5. The molecule has 0 aromatic heterocycles. The molecule has 2 saturated carbocycles. The van der Waals surface area contributed by atoms with E-state index in [-0.39, 0.29) is 24.0 Å². The molecule has 0 spiro atoms. The Morgan fingerprint density at radius 1 is 0.552 bits per heavy atom. The predicted octanol–water partition coefficient (Wildman–Crippen LogP) is 9.18. The van der Waals surface area contributed by atoms with E-state index >= 15 is 0 Å². The number of nitrogens with zero attached hydrogens (tertiary/aromatic N) is 2. The molecular weight excluding hydrogens is 725 g/mol. The van der Waals surface area contributed by atoms with Crippen LogP contribution in [-0.2, 0) is 0 Å². The van der Waals surface area contributed by atoms with Crippen molar-refractivity contribution in [1.29, 1.82) is 0 Å². The highest BCUT2D eigenvalue weighted by atomic mass is 16.5. The van der Waals surface area contributed by atoms with Crippen LogP contribution in [0.3, 0.4) is 0 Å². The number of rotatable bonds is 13. The molecule has 10 heteroatoms. The lowest BCUT2D eigenvalue weighted by molar-refractivity contribution is 0.0863. The predicted molar refractivity (Wildman–Crippen MR) is 235 cm³/mol. The highest BCUT2D eigenvalue weighted by Gasteiger charge is 2.28. The molecule has 2 heterocycles. The number of hydrogen-bond donors (Lipinski definition) is 4. The van der Waals surface area contributed by atoms with Crippen molar-refractivity contribution in [2.75, 3.05) is 68.0 Å². The van der Waals surface area contributed by atoms with Crippen LogP contribution in [-0.4, -0.2) is 80.1 Å². The molecule has 2 aliphatic carbocycles. The SMILES string of the molecule is CNc1ccccc1NC(=O)c1ccc(OC2CCN(CC3CC3)CC2)cc1.Nc1ccccc1NC(=O)c1ccc(OC2CCN(CC3CCCCC3)CC2)cc1. The number of hydrogen-bond acceptors (Lipinski definition) is 8. The number of anilines is 4. The van der Waals surface area contributed by atoms with Crippen LogP contribution >= 0.6 is 0 Å². The number of ether oxygens (including phenoxy) is 2. The zero-order valence-electron chi connectivity index (χ0n) is 34.2. The number of amides is 2. The van der Waals surface area contributed by atoms with Crippen LogP contribution in [0, 0.1) is 11.8 Å². The van der Waals surface area contributed by atoms with E-state index < -0.39 is 0 Å². The highest BCUT2D eigenvalue weighted by molar-refractivity contribution is 6.06. The van der Waals surface area contributed by atoms with E-state index in [0.29, 0.717) is 22.5 Å². The Morgan fingerprint density at radius 2 is 0.983 bits per heavy atom. The van der Waals surface area contributed by atoms with Gasteiger partial charge in [0.25, 0.3) is 11.8 Å².